The van der Waals surface area contributed by atoms with E-state index in [4.69, 9.17) is 9.97 Å². The molecule has 0 unspecified atom stereocenters. The molecule has 0 saturated heterocycles. The zero-order valence-electron chi connectivity index (χ0n) is 33.6. The molecule has 4 saturated carbocycles. The Bertz CT molecular complexity index is 3130. The topological polar surface area (TPSA) is 25.8 Å². The SMILES string of the molecule is c1ccc(-c2cccc(-c3cc(-c4ccc5ccc(-c6cccc7c6-c6cc8ccccc8cc6C76C7CC8CC(C7)CC6C8)cc5c4)nc(-c4ccccc4)n3)c2)cc1. The predicted molar refractivity (Wildman–Crippen MR) is 247 cm³/mol. The molecule has 0 radical (unpaired) electrons. The third-order valence-electron chi connectivity index (χ3n) is 15.0. The first-order chi connectivity index (χ1) is 29.7. The number of hydrogen-bond acceptors (Lipinski definition) is 2. The number of nitrogens with zero attached hydrogens (tertiary/aromatic N) is 2. The predicted octanol–water partition coefficient (Wildman–Crippen LogP) is 14.8. The molecule has 2 heteroatoms. The fraction of sp³-hybridized carbons (Fsp3) is 0.172. The average Bonchev–Trinajstić information content (AvgIpc) is 3.59. The first kappa shape index (κ1) is 34.2. The summed E-state index contributed by atoms with van der Waals surface area (Å²) in [5.41, 5.74) is 16.3. The maximum Gasteiger partial charge on any atom is 0.160 e. The molecule has 60 heavy (non-hydrogen) atoms. The Morgan fingerprint density at radius 3 is 1.67 bits per heavy atom. The molecule has 1 heterocycles. The molecule has 5 aliphatic rings. The molecule has 4 bridgehead atoms. The van der Waals surface area contributed by atoms with Crippen molar-refractivity contribution < 1.29 is 0 Å². The summed E-state index contributed by atoms with van der Waals surface area (Å²) in [7, 11) is 0. The van der Waals surface area contributed by atoms with E-state index in [1.54, 1.807) is 11.1 Å². The van der Waals surface area contributed by atoms with Gasteiger partial charge in [0.2, 0.25) is 0 Å². The van der Waals surface area contributed by atoms with Crippen LogP contribution in [0.1, 0.15) is 43.2 Å². The molecule has 9 aromatic rings. The first-order valence-corrected chi connectivity index (χ1v) is 22.0. The van der Waals surface area contributed by atoms with Gasteiger partial charge in [0.1, 0.15) is 0 Å². The third-order valence-corrected chi connectivity index (χ3v) is 15.0. The normalized spacial score (nSPS) is 22.1. The first-order valence-electron chi connectivity index (χ1n) is 22.0. The molecule has 286 valence electrons. The maximum atomic E-state index is 5.24. The highest BCUT2D eigenvalue weighted by atomic mass is 14.9. The van der Waals surface area contributed by atoms with E-state index in [1.807, 2.05) is 6.07 Å². The number of rotatable bonds is 5. The van der Waals surface area contributed by atoms with Crippen molar-refractivity contribution in [2.75, 3.05) is 0 Å². The van der Waals surface area contributed by atoms with Crippen LogP contribution in [0.15, 0.2) is 182 Å². The van der Waals surface area contributed by atoms with Crippen LogP contribution >= 0.6 is 0 Å². The lowest BCUT2D eigenvalue weighted by Crippen LogP contribution is -2.55. The van der Waals surface area contributed by atoms with Gasteiger partial charge in [-0.15, -0.1) is 0 Å². The van der Waals surface area contributed by atoms with Gasteiger partial charge >= 0.3 is 0 Å². The molecule has 1 aromatic heterocycles. The number of aromatic nitrogens is 2. The van der Waals surface area contributed by atoms with Crippen LogP contribution in [0.2, 0.25) is 0 Å². The summed E-state index contributed by atoms with van der Waals surface area (Å²) in [6, 6.07) is 67.2. The summed E-state index contributed by atoms with van der Waals surface area (Å²) < 4.78 is 0. The molecule has 0 N–H and O–H groups in total. The second-order valence-electron chi connectivity index (χ2n) is 18.2. The molecular formula is C58H44N2. The maximum absolute atomic E-state index is 5.24. The highest BCUT2D eigenvalue weighted by molar-refractivity contribution is 6.01. The molecule has 0 atom stereocenters. The van der Waals surface area contributed by atoms with E-state index in [-0.39, 0.29) is 5.41 Å². The molecule has 5 aliphatic carbocycles. The van der Waals surface area contributed by atoms with Gasteiger partial charge in [0.25, 0.3) is 0 Å². The second kappa shape index (κ2) is 13.2. The average molecular weight is 769 g/mol. The van der Waals surface area contributed by atoms with Crippen molar-refractivity contribution in [2.24, 2.45) is 23.7 Å². The van der Waals surface area contributed by atoms with Gasteiger partial charge in [-0.2, -0.15) is 0 Å². The third kappa shape index (κ3) is 5.19. The van der Waals surface area contributed by atoms with Crippen LogP contribution in [-0.4, -0.2) is 9.97 Å². The van der Waals surface area contributed by atoms with E-state index in [9.17, 15) is 0 Å². The number of hydrogen-bond donors (Lipinski definition) is 0. The van der Waals surface area contributed by atoms with Crippen LogP contribution in [0.3, 0.4) is 0 Å². The molecular weight excluding hydrogens is 725 g/mol. The molecule has 4 fully saturated rings. The van der Waals surface area contributed by atoms with Crippen LogP contribution in [-0.2, 0) is 5.41 Å². The number of fused-ring (bicyclic) bond motifs is 5. The summed E-state index contributed by atoms with van der Waals surface area (Å²) in [5, 5.41) is 5.17. The summed E-state index contributed by atoms with van der Waals surface area (Å²) in [4.78, 5) is 10.4. The summed E-state index contributed by atoms with van der Waals surface area (Å²) in [5.74, 6) is 4.01. The van der Waals surface area contributed by atoms with Crippen molar-refractivity contribution in [3.63, 3.8) is 0 Å². The van der Waals surface area contributed by atoms with E-state index in [0.29, 0.717) is 0 Å². The van der Waals surface area contributed by atoms with Crippen molar-refractivity contribution >= 4 is 21.5 Å². The van der Waals surface area contributed by atoms with Crippen LogP contribution in [0, 0.1) is 23.7 Å². The van der Waals surface area contributed by atoms with Crippen molar-refractivity contribution in [3.8, 4) is 67.3 Å². The lowest BCUT2D eigenvalue weighted by molar-refractivity contribution is -0.0398. The Morgan fingerprint density at radius 1 is 0.350 bits per heavy atom. The van der Waals surface area contributed by atoms with Gasteiger partial charge in [-0.05, 0) is 158 Å². The summed E-state index contributed by atoms with van der Waals surface area (Å²) >= 11 is 0. The fourth-order valence-electron chi connectivity index (χ4n) is 12.7. The second-order valence-corrected chi connectivity index (χ2v) is 18.2. The quantitative estimate of drug-likeness (QED) is 0.174. The molecule has 0 amide bonds. The van der Waals surface area contributed by atoms with Crippen molar-refractivity contribution in [3.05, 3.63) is 193 Å². The van der Waals surface area contributed by atoms with Crippen LogP contribution in [0.5, 0.6) is 0 Å². The smallest absolute Gasteiger partial charge is 0.160 e. The van der Waals surface area contributed by atoms with Gasteiger partial charge in [0.15, 0.2) is 5.82 Å². The highest BCUT2D eigenvalue weighted by Crippen LogP contribution is 2.70. The van der Waals surface area contributed by atoms with Crippen LogP contribution in [0.25, 0.3) is 88.8 Å². The minimum Gasteiger partial charge on any atom is -0.228 e. The molecule has 1 spiro atoms. The standard InChI is InChI=1S/C58H44N2/c1-3-11-38(12-4-1)41-17-9-18-45(30-41)54-35-55(60-57(59-54)40-13-5-2-6-14-40)46-24-22-39-21-23-44(31-47(39)32-46)50-19-10-20-52-56(50)51-33-42-15-7-8-16-43(42)34-53(51)58(52)48-26-36-25-37(28-48)29-49(58)27-36/h1-24,30-37,48-49H,25-29H2. The van der Waals surface area contributed by atoms with Crippen molar-refractivity contribution in [1.82, 2.24) is 9.97 Å². The van der Waals surface area contributed by atoms with Gasteiger partial charge in [-0.1, -0.05) is 146 Å². The van der Waals surface area contributed by atoms with E-state index in [0.717, 1.165) is 57.6 Å². The van der Waals surface area contributed by atoms with Crippen LogP contribution in [0.4, 0.5) is 0 Å². The van der Waals surface area contributed by atoms with Gasteiger partial charge in [-0.25, -0.2) is 9.97 Å². The Balaban J connectivity index is 0.959. The van der Waals surface area contributed by atoms with E-state index < -0.39 is 0 Å². The fourth-order valence-corrected chi connectivity index (χ4v) is 12.7. The lowest BCUT2D eigenvalue weighted by atomic mass is 9.43. The largest absolute Gasteiger partial charge is 0.228 e. The minimum absolute atomic E-state index is 0.115. The van der Waals surface area contributed by atoms with Crippen molar-refractivity contribution in [1.29, 1.82) is 0 Å². The molecule has 0 aliphatic heterocycles. The molecule has 8 aromatic carbocycles. The Hall–Kier alpha value is -6.64. The number of benzene rings is 8. The van der Waals surface area contributed by atoms with Gasteiger partial charge in [-0.3, -0.25) is 0 Å². The molecule has 14 rings (SSSR count). The van der Waals surface area contributed by atoms with E-state index in [2.05, 4.69) is 176 Å². The Morgan fingerprint density at radius 2 is 0.933 bits per heavy atom. The lowest BCUT2D eigenvalue weighted by Gasteiger charge is -2.61. The summed E-state index contributed by atoms with van der Waals surface area (Å²) in [6.07, 6.45) is 7.01. The summed E-state index contributed by atoms with van der Waals surface area (Å²) in [6.45, 7) is 0. The van der Waals surface area contributed by atoms with E-state index >= 15 is 0 Å². The monoisotopic (exact) mass is 768 g/mol. The van der Waals surface area contributed by atoms with E-state index in [1.165, 1.54) is 87.0 Å². The zero-order chi connectivity index (χ0) is 39.4. The van der Waals surface area contributed by atoms with Crippen molar-refractivity contribution in [2.45, 2.75) is 37.5 Å². The Labute approximate surface area is 351 Å². The Kier molecular flexibility index (Phi) is 7.52. The van der Waals surface area contributed by atoms with Gasteiger partial charge < -0.3 is 0 Å². The highest BCUT2D eigenvalue weighted by Gasteiger charge is 2.61. The van der Waals surface area contributed by atoms with Gasteiger partial charge in [0, 0.05) is 22.1 Å². The molecule has 2 nitrogen and oxygen atoms in total. The minimum atomic E-state index is 0.115. The van der Waals surface area contributed by atoms with Crippen LogP contribution < -0.4 is 0 Å². The zero-order valence-corrected chi connectivity index (χ0v) is 33.6. The van der Waals surface area contributed by atoms with Gasteiger partial charge in [0.05, 0.1) is 11.4 Å².